The van der Waals surface area contributed by atoms with Crippen LogP contribution in [-0.4, -0.2) is 13.3 Å². The fraction of sp³-hybridized carbons (Fsp3) is 0.143. The van der Waals surface area contributed by atoms with E-state index in [1.807, 2.05) is 6.07 Å². The molecule has 82 valence electrons. The van der Waals surface area contributed by atoms with Crippen LogP contribution in [0.2, 0.25) is 0 Å². The molecular weight excluding hydrogens is 214 g/mol. The van der Waals surface area contributed by atoms with Crippen LogP contribution in [0.25, 0.3) is 0 Å². The van der Waals surface area contributed by atoms with E-state index in [4.69, 9.17) is 0 Å². The second-order valence-corrected chi connectivity index (χ2v) is 4.47. The van der Waals surface area contributed by atoms with Crippen LogP contribution >= 0.6 is 11.8 Å². The van der Waals surface area contributed by atoms with Crippen LogP contribution in [0.4, 0.5) is 11.4 Å². The van der Waals surface area contributed by atoms with Crippen LogP contribution in [0.5, 0.6) is 0 Å². The van der Waals surface area contributed by atoms with Gasteiger partial charge in [0, 0.05) is 23.3 Å². The zero-order valence-corrected chi connectivity index (χ0v) is 10.4. The van der Waals surface area contributed by atoms with Gasteiger partial charge in [0.2, 0.25) is 0 Å². The van der Waals surface area contributed by atoms with Crippen molar-refractivity contribution in [3.05, 3.63) is 54.6 Å². The van der Waals surface area contributed by atoms with E-state index in [0.717, 1.165) is 0 Å². The lowest BCUT2D eigenvalue weighted by Gasteiger charge is -2.19. The van der Waals surface area contributed by atoms with Crippen molar-refractivity contribution >= 4 is 23.1 Å². The molecule has 0 aliphatic heterocycles. The summed E-state index contributed by atoms with van der Waals surface area (Å²) in [6.07, 6.45) is 2.09. The van der Waals surface area contributed by atoms with E-state index in [1.54, 1.807) is 11.8 Å². The smallest absolute Gasteiger partial charge is 0.0408 e. The van der Waals surface area contributed by atoms with Crippen molar-refractivity contribution in [3.8, 4) is 0 Å². The van der Waals surface area contributed by atoms with Gasteiger partial charge in [0.15, 0.2) is 0 Å². The number of rotatable bonds is 3. The summed E-state index contributed by atoms with van der Waals surface area (Å²) >= 11 is 1.77. The summed E-state index contributed by atoms with van der Waals surface area (Å²) in [6, 6.07) is 19.0. The lowest BCUT2D eigenvalue weighted by Crippen LogP contribution is -2.08. The molecule has 0 aliphatic carbocycles. The molecule has 2 heteroatoms. The average Bonchev–Trinajstić information content (AvgIpc) is 2.39. The lowest BCUT2D eigenvalue weighted by molar-refractivity contribution is 1.20. The van der Waals surface area contributed by atoms with Gasteiger partial charge in [-0.1, -0.05) is 18.2 Å². The predicted molar refractivity (Wildman–Crippen MR) is 72.7 cm³/mol. The van der Waals surface area contributed by atoms with Crippen molar-refractivity contribution in [1.29, 1.82) is 0 Å². The number of hydrogen-bond acceptors (Lipinski definition) is 2. The Bertz CT molecular complexity index is 436. The quantitative estimate of drug-likeness (QED) is 0.726. The highest BCUT2D eigenvalue weighted by Crippen LogP contribution is 2.25. The zero-order chi connectivity index (χ0) is 11.4. The summed E-state index contributed by atoms with van der Waals surface area (Å²) in [7, 11) is 2.09. The molecule has 0 unspecified atom stereocenters. The maximum absolute atomic E-state index is 2.18. The van der Waals surface area contributed by atoms with Gasteiger partial charge in [-0.05, 0) is 42.7 Å². The standard InChI is InChI=1S/C14H15NS/c1-15(12-6-4-3-5-7-12)13-8-10-14(16-2)11-9-13/h3-11H,1-2H3. The number of anilines is 2. The normalized spacial score (nSPS) is 10.1. The number of nitrogens with zero attached hydrogens (tertiary/aromatic N) is 1. The first-order valence-corrected chi connectivity index (χ1v) is 6.46. The predicted octanol–water partition coefficient (Wildman–Crippen LogP) is 4.18. The minimum Gasteiger partial charge on any atom is -0.345 e. The van der Waals surface area contributed by atoms with E-state index in [2.05, 4.69) is 66.7 Å². The Hall–Kier alpha value is -1.41. The van der Waals surface area contributed by atoms with Crippen LogP contribution in [-0.2, 0) is 0 Å². The van der Waals surface area contributed by atoms with Crippen LogP contribution in [0.3, 0.4) is 0 Å². The van der Waals surface area contributed by atoms with Crippen molar-refractivity contribution in [1.82, 2.24) is 0 Å². The van der Waals surface area contributed by atoms with Crippen molar-refractivity contribution in [2.24, 2.45) is 0 Å². The average molecular weight is 229 g/mol. The summed E-state index contributed by atoms with van der Waals surface area (Å²) < 4.78 is 0. The molecule has 0 aromatic heterocycles. The first kappa shape index (κ1) is 11.1. The Morgan fingerprint density at radius 1 is 0.812 bits per heavy atom. The van der Waals surface area contributed by atoms with Crippen molar-refractivity contribution in [2.45, 2.75) is 4.90 Å². The second-order valence-electron chi connectivity index (χ2n) is 3.59. The van der Waals surface area contributed by atoms with E-state index in [1.165, 1.54) is 16.3 Å². The summed E-state index contributed by atoms with van der Waals surface area (Å²) in [5.41, 5.74) is 2.42. The minimum atomic E-state index is 1.21. The Kier molecular flexibility index (Phi) is 3.52. The molecule has 0 bridgehead atoms. The third-order valence-electron chi connectivity index (χ3n) is 2.60. The fourth-order valence-electron chi connectivity index (χ4n) is 1.61. The molecular formula is C14H15NS. The van der Waals surface area contributed by atoms with Crippen LogP contribution in [0, 0.1) is 0 Å². The first-order valence-electron chi connectivity index (χ1n) is 5.24. The molecule has 0 fully saturated rings. The van der Waals surface area contributed by atoms with Crippen molar-refractivity contribution in [2.75, 3.05) is 18.2 Å². The summed E-state index contributed by atoms with van der Waals surface area (Å²) in [5.74, 6) is 0. The molecule has 0 spiro atoms. The highest BCUT2D eigenvalue weighted by atomic mass is 32.2. The molecule has 0 N–H and O–H groups in total. The van der Waals surface area contributed by atoms with Crippen molar-refractivity contribution < 1.29 is 0 Å². The first-order chi connectivity index (χ1) is 7.81. The minimum absolute atomic E-state index is 1.21. The van der Waals surface area contributed by atoms with Gasteiger partial charge in [-0.15, -0.1) is 11.8 Å². The van der Waals surface area contributed by atoms with E-state index in [0.29, 0.717) is 0 Å². The number of benzene rings is 2. The molecule has 0 atom stereocenters. The maximum Gasteiger partial charge on any atom is 0.0408 e. The van der Waals surface area contributed by atoms with Gasteiger partial charge in [-0.3, -0.25) is 0 Å². The number of hydrogen-bond donors (Lipinski definition) is 0. The molecule has 16 heavy (non-hydrogen) atoms. The SMILES string of the molecule is CSc1ccc(N(C)c2ccccc2)cc1. The third-order valence-corrected chi connectivity index (χ3v) is 3.35. The summed E-state index contributed by atoms with van der Waals surface area (Å²) in [5, 5.41) is 0. The maximum atomic E-state index is 2.18. The molecule has 0 heterocycles. The van der Waals surface area contributed by atoms with Gasteiger partial charge >= 0.3 is 0 Å². The van der Waals surface area contributed by atoms with Gasteiger partial charge in [-0.25, -0.2) is 0 Å². The van der Waals surface area contributed by atoms with Gasteiger partial charge in [0.05, 0.1) is 0 Å². The van der Waals surface area contributed by atoms with Crippen LogP contribution < -0.4 is 4.90 Å². The topological polar surface area (TPSA) is 3.24 Å². The molecule has 0 radical (unpaired) electrons. The number of para-hydroxylation sites is 1. The second kappa shape index (κ2) is 5.08. The Balaban J connectivity index is 2.24. The Labute approximate surface area is 101 Å². The highest BCUT2D eigenvalue weighted by Gasteiger charge is 2.02. The van der Waals surface area contributed by atoms with Crippen LogP contribution in [0.15, 0.2) is 59.5 Å². The summed E-state index contributed by atoms with van der Waals surface area (Å²) in [6.45, 7) is 0. The molecule has 2 aromatic rings. The van der Waals surface area contributed by atoms with Gasteiger partial charge in [0.1, 0.15) is 0 Å². The van der Waals surface area contributed by atoms with Gasteiger partial charge in [-0.2, -0.15) is 0 Å². The molecule has 0 saturated heterocycles. The lowest BCUT2D eigenvalue weighted by atomic mass is 10.2. The summed E-state index contributed by atoms with van der Waals surface area (Å²) in [4.78, 5) is 3.48. The van der Waals surface area contributed by atoms with Crippen LogP contribution in [0.1, 0.15) is 0 Å². The molecule has 0 saturated carbocycles. The molecule has 2 rings (SSSR count). The molecule has 1 nitrogen and oxygen atoms in total. The number of thioether (sulfide) groups is 1. The highest BCUT2D eigenvalue weighted by molar-refractivity contribution is 7.98. The zero-order valence-electron chi connectivity index (χ0n) is 9.55. The third kappa shape index (κ3) is 2.39. The molecule has 0 aliphatic rings. The van der Waals surface area contributed by atoms with Gasteiger partial charge < -0.3 is 4.90 Å². The fourth-order valence-corrected chi connectivity index (χ4v) is 2.01. The van der Waals surface area contributed by atoms with E-state index >= 15 is 0 Å². The van der Waals surface area contributed by atoms with Gasteiger partial charge in [0.25, 0.3) is 0 Å². The Morgan fingerprint density at radius 2 is 1.38 bits per heavy atom. The monoisotopic (exact) mass is 229 g/mol. The largest absolute Gasteiger partial charge is 0.345 e. The van der Waals surface area contributed by atoms with E-state index in [9.17, 15) is 0 Å². The van der Waals surface area contributed by atoms with Crippen molar-refractivity contribution in [3.63, 3.8) is 0 Å². The van der Waals surface area contributed by atoms with E-state index in [-0.39, 0.29) is 0 Å². The Morgan fingerprint density at radius 3 is 1.94 bits per heavy atom. The van der Waals surface area contributed by atoms with E-state index < -0.39 is 0 Å². The molecule has 0 amide bonds. The molecule has 2 aromatic carbocycles.